The average molecular weight is 692 g/mol. The van der Waals surface area contributed by atoms with Crippen molar-refractivity contribution < 1.29 is 33.5 Å². The number of hydrogen-bond acceptors (Lipinski definition) is 11. The quantitative estimate of drug-likeness (QED) is 0.223. The number of carbonyl (C=O) groups is 3. The number of rotatable bonds is 12. The standard InChI is InChI=1S/C36H49N7O7/c1-23(26-13-11-20-42(26)19-9-5-8-18-37-34(47)49-35(2,3)4)48-29-22-28(43-21-15-25(40-43)33(45)46)38-32(39-29)30-24-12-10-17-36(31(24)50-41-30)16-7-6-14-27(36)44/h15,21-23,26H,5-14,16-20H2,1-4H3,(H,37,47)(H,45,46)/t23-,26-,36+/m0/s1. The number of ketones is 1. The number of nitrogens with zero attached hydrogens (tertiary/aromatic N) is 6. The molecule has 1 spiro atoms. The van der Waals surface area contributed by atoms with E-state index in [-0.39, 0.29) is 35.5 Å². The molecule has 0 bridgehead atoms. The number of Topliss-reactive ketones (excluding diaryl/α,β-unsaturated/α-hetero) is 1. The predicted molar refractivity (Wildman–Crippen MR) is 182 cm³/mol. The summed E-state index contributed by atoms with van der Waals surface area (Å²) in [6.07, 6.45) is 11.3. The van der Waals surface area contributed by atoms with Gasteiger partial charge in [-0.25, -0.2) is 19.3 Å². The maximum atomic E-state index is 13.3. The summed E-state index contributed by atoms with van der Waals surface area (Å²) in [7, 11) is 0. The molecule has 0 unspecified atom stereocenters. The van der Waals surface area contributed by atoms with Crippen LogP contribution in [0.15, 0.2) is 22.9 Å². The molecule has 4 heterocycles. The van der Waals surface area contributed by atoms with Crippen LogP contribution in [0.25, 0.3) is 17.3 Å². The average Bonchev–Trinajstić information content (AvgIpc) is 3.84. The zero-order valence-electron chi connectivity index (χ0n) is 29.6. The number of nitrogens with one attached hydrogen (secondary N) is 1. The minimum absolute atomic E-state index is 0.111. The molecule has 14 heteroatoms. The number of carbonyl (C=O) groups excluding carboxylic acids is 2. The summed E-state index contributed by atoms with van der Waals surface area (Å²) in [6.45, 7) is 10.1. The highest BCUT2D eigenvalue weighted by molar-refractivity contribution is 5.91. The summed E-state index contributed by atoms with van der Waals surface area (Å²) in [5.41, 5.74) is 0.0748. The number of fused-ring (bicyclic) bond motifs is 2. The van der Waals surface area contributed by atoms with Crippen LogP contribution in [-0.2, 0) is 21.4 Å². The van der Waals surface area contributed by atoms with E-state index in [0.717, 1.165) is 82.9 Å². The van der Waals surface area contributed by atoms with Gasteiger partial charge >= 0.3 is 12.1 Å². The number of aromatic nitrogens is 5. The number of alkyl carbamates (subject to hydrolysis) is 1. The summed E-state index contributed by atoms with van der Waals surface area (Å²) in [5.74, 6) is 0.659. The van der Waals surface area contributed by atoms with E-state index in [1.165, 1.54) is 10.7 Å². The molecule has 0 aromatic carbocycles. The van der Waals surface area contributed by atoms with E-state index in [4.69, 9.17) is 24.0 Å². The van der Waals surface area contributed by atoms with Crippen LogP contribution in [0.4, 0.5) is 4.79 Å². The van der Waals surface area contributed by atoms with Gasteiger partial charge in [0.15, 0.2) is 28.8 Å². The third-order valence-corrected chi connectivity index (χ3v) is 10.0. The van der Waals surface area contributed by atoms with Crippen LogP contribution in [0.1, 0.15) is 120 Å². The Morgan fingerprint density at radius 3 is 2.70 bits per heavy atom. The van der Waals surface area contributed by atoms with Crippen molar-refractivity contribution in [2.45, 2.75) is 128 Å². The maximum absolute atomic E-state index is 13.3. The fourth-order valence-corrected chi connectivity index (χ4v) is 7.68. The molecule has 1 aliphatic heterocycles. The largest absolute Gasteiger partial charge is 0.476 e. The minimum atomic E-state index is -1.14. The van der Waals surface area contributed by atoms with Gasteiger partial charge in [0.2, 0.25) is 5.88 Å². The minimum Gasteiger partial charge on any atom is -0.476 e. The van der Waals surface area contributed by atoms with E-state index in [1.54, 1.807) is 12.3 Å². The maximum Gasteiger partial charge on any atom is 0.407 e. The normalized spacial score (nSPS) is 21.6. The number of aromatic carboxylic acids is 1. The zero-order valence-corrected chi connectivity index (χ0v) is 29.6. The third-order valence-electron chi connectivity index (χ3n) is 10.0. The fraction of sp³-hybridized carbons (Fsp3) is 0.639. The van der Waals surface area contributed by atoms with Gasteiger partial charge in [0, 0.05) is 36.8 Å². The van der Waals surface area contributed by atoms with Crippen LogP contribution in [0.3, 0.4) is 0 Å². The molecule has 14 nitrogen and oxygen atoms in total. The number of likely N-dealkylation sites (tertiary alicyclic amines) is 1. The van der Waals surface area contributed by atoms with Gasteiger partial charge in [-0.15, -0.1) is 0 Å². The van der Waals surface area contributed by atoms with Crippen LogP contribution in [0, 0.1) is 0 Å². The number of ether oxygens (including phenoxy) is 2. The Balaban J connectivity index is 1.17. The highest BCUT2D eigenvalue weighted by Crippen LogP contribution is 2.47. The molecule has 3 atom stereocenters. The van der Waals surface area contributed by atoms with Crippen molar-refractivity contribution >= 4 is 17.8 Å². The van der Waals surface area contributed by atoms with Gasteiger partial charge in [0.05, 0.1) is 5.41 Å². The molecule has 270 valence electrons. The lowest BCUT2D eigenvalue weighted by Gasteiger charge is -2.36. The van der Waals surface area contributed by atoms with Crippen LogP contribution >= 0.6 is 0 Å². The van der Waals surface area contributed by atoms with Crippen molar-refractivity contribution in [1.82, 2.24) is 35.1 Å². The van der Waals surface area contributed by atoms with Crippen LogP contribution in [-0.4, -0.2) is 90.1 Å². The molecule has 0 radical (unpaired) electrons. The van der Waals surface area contributed by atoms with E-state index in [0.29, 0.717) is 42.5 Å². The molecule has 2 fully saturated rings. The molecule has 2 N–H and O–H groups in total. The molecule has 3 aromatic heterocycles. The summed E-state index contributed by atoms with van der Waals surface area (Å²) in [6, 6.07) is 3.25. The van der Waals surface area contributed by atoms with Gasteiger partial charge < -0.3 is 24.4 Å². The molecule has 6 rings (SSSR count). The Morgan fingerprint density at radius 1 is 1.12 bits per heavy atom. The first-order valence-corrected chi connectivity index (χ1v) is 18.0. The second-order valence-electron chi connectivity index (χ2n) is 14.8. The highest BCUT2D eigenvalue weighted by Gasteiger charge is 2.48. The number of unbranched alkanes of at least 4 members (excludes halogenated alkanes) is 2. The van der Waals surface area contributed by atoms with Crippen molar-refractivity contribution in [3.05, 3.63) is 35.3 Å². The zero-order chi connectivity index (χ0) is 35.5. The molecule has 1 amide bonds. The Morgan fingerprint density at radius 2 is 1.94 bits per heavy atom. The van der Waals surface area contributed by atoms with Crippen LogP contribution in [0.5, 0.6) is 5.88 Å². The van der Waals surface area contributed by atoms with Gasteiger partial charge in [-0.3, -0.25) is 9.69 Å². The SMILES string of the molecule is C[C@H](Oc1cc(-n2ccc(C(=O)O)n2)nc(-c2noc3c2CCC[C@@]32CCCCC2=O)n1)[C@@H]1CCCN1CCCCCNC(=O)OC(C)(C)C. The van der Waals surface area contributed by atoms with Crippen LogP contribution < -0.4 is 10.1 Å². The first-order chi connectivity index (χ1) is 23.9. The molecule has 1 saturated heterocycles. The fourth-order valence-electron chi connectivity index (χ4n) is 7.68. The lowest BCUT2D eigenvalue weighted by Crippen LogP contribution is -2.41. The molecular weight excluding hydrogens is 642 g/mol. The monoisotopic (exact) mass is 691 g/mol. The Labute approximate surface area is 292 Å². The first kappa shape index (κ1) is 35.5. The smallest absolute Gasteiger partial charge is 0.407 e. The second-order valence-corrected chi connectivity index (χ2v) is 14.8. The lowest BCUT2D eigenvalue weighted by atomic mass is 9.64. The molecule has 50 heavy (non-hydrogen) atoms. The van der Waals surface area contributed by atoms with Crippen molar-refractivity contribution in [3.8, 4) is 23.2 Å². The molecule has 3 aromatic rings. The van der Waals surface area contributed by atoms with Gasteiger partial charge in [-0.05, 0) is 105 Å². The van der Waals surface area contributed by atoms with E-state index in [2.05, 4.69) is 20.5 Å². The number of carboxylic acids is 1. The molecule has 3 aliphatic rings. The van der Waals surface area contributed by atoms with E-state index in [9.17, 15) is 19.5 Å². The Hall–Kier alpha value is -4.33. The van der Waals surface area contributed by atoms with Crippen molar-refractivity contribution in [3.63, 3.8) is 0 Å². The van der Waals surface area contributed by atoms with E-state index < -0.39 is 17.0 Å². The Bertz CT molecular complexity index is 1700. The van der Waals surface area contributed by atoms with Crippen molar-refractivity contribution in [2.75, 3.05) is 19.6 Å². The second kappa shape index (κ2) is 14.9. The van der Waals surface area contributed by atoms with Gasteiger partial charge in [-0.1, -0.05) is 18.0 Å². The number of amides is 1. The molecule has 1 saturated carbocycles. The molecular formula is C36H49N7O7. The lowest BCUT2D eigenvalue weighted by molar-refractivity contribution is -0.128. The van der Waals surface area contributed by atoms with Crippen molar-refractivity contribution in [2.24, 2.45) is 0 Å². The van der Waals surface area contributed by atoms with Gasteiger partial charge in [0.1, 0.15) is 17.5 Å². The highest BCUT2D eigenvalue weighted by atomic mass is 16.6. The summed E-state index contributed by atoms with van der Waals surface area (Å²) in [4.78, 5) is 48.8. The van der Waals surface area contributed by atoms with Crippen molar-refractivity contribution in [1.29, 1.82) is 0 Å². The van der Waals surface area contributed by atoms with Gasteiger partial charge in [-0.2, -0.15) is 10.1 Å². The Kier molecular flexibility index (Phi) is 10.6. The third kappa shape index (κ3) is 7.85. The molecule has 2 aliphatic carbocycles. The van der Waals surface area contributed by atoms with Gasteiger partial charge in [0.25, 0.3) is 0 Å². The topological polar surface area (TPSA) is 175 Å². The summed E-state index contributed by atoms with van der Waals surface area (Å²) in [5, 5.41) is 21.0. The van der Waals surface area contributed by atoms with E-state index >= 15 is 0 Å². The number of hydrogen-bond donors (Lipinski definition) is 2. The predicted octanol–water partition coefficient (Wildman–Crippen LogP) is 5.66. The number of carboxylic acid groups (broad SMARTS) is 1. The van der Waals surface area contributed by atoms with Crippen LogP contribution in [0.2, 0.25) is 0 Å². The first-order valence-electron chi connectivity index (χ1n) is 18.0. The summed E-state index contributed by atoms with van der Waals surface area (Å²) >= 11 is 0. The summed E-state index contributed by atoms with van der Waals surface area (Å²) < 4.78 is 19.2. The van der Waals surface area contributed by atoms with E-state index in [1.807, 2.05) is 27.7 Å².